The molecule has 0 radical (unpaired) electrons. The van der Waals surface area contributed by atoms with Crippen molar-refractivity contribution in [3.8, 4) is 5.75 Å². The van der Waals surface area contributed by atoms with Crippen molar-refractivity contribution in [3.05, 3.63) is 59.2 Å². The molecule has 0 spiro atoms. The third kappa shape index (κ3) is 5.01. The van der Waals surface area contributed by atoms with Crippen LogP contribution < -0.4 is 15.4 Å². The lowest BCUT2D eigenvalue weighted by Gasteiger charge is -2.25. The molecule has 2 aromatic carbocycles. The van der Waals surface area contributed by atoms with Gasteiger partial charge in [-0.1, -0.05) is 12.1 Å². The molecule has 1 aliphatic rings. The second-order valence-electron chi connectivity index (χ2n) is 6.58. The van der Waals surface area contributed by atoms with Crippen LogP contribution in [0.3, 0.4) is 0 Å². The number of alkyl halides is 3. The lowest BCUT2D eigenvalue weighted by Crippen LogP contribution is -2.34. The van der Waals surface area contributed by atoms with Crippen molar-refractivity contribution >= 4 is 11.6 Å². The monoisotopic (exact) mass is 378 g/mol. The first-order valence-electron chi connectivity index (χ1n) is 8.79. The summed E-state index contributed by atoms with van der Waals surface area (Å²) in [6.07, 6.45) is -2.57. The second kappa shape index (κ2) is 8.00. The summed E-state index contributed by atoms with van der Waals surface area (Å²) in [4.78, 5) is 12.4. The van der Waals surface area contributed by atoms with Crippen LogP contribution in [0.1, 0.15) is 34.3 Å². The van der Waals surface area contributed by atoms with Gasteiger partial charge < -0.3 is 15.4 Å². The van der Waals surface area contributed by atoms with E-state index in [-0.39, 0.29) is 11.7 Å². The summed E-state index contributed by atoms with van der Waals surface area (Å²) < 4.78 is 44.5. The third-order valence-electron chi connectivity index (χ3n) is 4.48. The molecule has 1 saturated heterocycles. The van der Waals surface area contributed by atoms with Crippen LogP contribution in [-0.4, -0.2) is 25.1 Å². The second-order valence-corrected chi connectivity index (χ2v) is 6.58. The van der Waals surface area contributed by atoms with Crippen molar-refractivity contribution in [2.24, 2.45) is 0 Å². The summed E-state index contributed by atoms with van der Waals surface area (Å²) in [5.41, 5.74) is 0.512. The summed E-state index contributed by atoms with van der Waals surface area (Å²) in [5.74, 6) is 0.0708. The minimum Gasteiger partial charge on any atom is -0.490 e. The molecule has 0 saturated carbocycles. The first-order chi connectivity index (χ1) is 12.8. The summed E-state index contributed by atoms with van der Waals surface area (Å²) >= 11 is 0. The van der Waals surface area contributed by atoms with E-state index in [2.05, 4.69) is 10.6 Å². The van der Waals surface area contributed by atoms with Gasteiger partial charge in [-0.25, -0.2) is 0 Å². The van der Waals surface area contributed by atoms with Crippen LogP contribution >= 0.6 is 0 Å². The maximum absolute atomic E-state index is 12.8. The van der Waals surface area contributed by atoms with Crippen LogP contribution in [0.2, 0.25) is 0 Å². The Bertz CT molecular complexity index is 815. The molecular formula is C20H21F3N2O2. The fourth-order valence-corrected chi connectivity index (χ4v) is 2.94. The maximum atomic E-state index is 12.8. The highest BCUT2D eigenvalue weighted by molar-refractivity contribution is 6.04. The van der Waals surface area contributed by atoms with E-state index in [4.69, 9.17) is 4.74 Å². The quantitative estimate of drug-likeness (QED) is 0.829. The standard InChI is InChI=1S/C20H21F3N2O2/c1-13-5-6-16(12-18(13)27-17-7-9-24-10-8-17)25-19(26)14-3-2-4-15(11-14)20(21,22)23/h2-6,11-12,17,24H,7-10H2,1H3,(H,25,26). The Morgan fingerprint density at radius 2 is 1.89 bits per heavy atom. The Morgan fingerprint density at radius 1 is 1.15 bits per heavy atom. The van der Waals surface area contributed by atoms with E-state index in [0.29, 0.717) is 11.4 Å². The third-order valence-corrected chi connectivity index (χ3v) is 4.48. The largest absolute Gasteiger partial charge is 0.490 e. The van der Waals surface area contributed by atoms with Gasteiger partial charge in [0.2, 0.25) is 0 Å². The van der Waals surface area contributed by atoms with Crippen molar-refractivity contribution in [2.45, 2.75) is 32.0 Å². The fraction of sp³-hybridized carbons (Fsp3) is 0.350. The topological polar surface area (TPSA) is 50.4 Å². The van der Waals surface area contributed by atoms with Gasteiger partial charge in [-0.3, -0.25) is 4.79 Å². The van der Waals surface area contributed by atoms with E-state index >= 15 is 0 Å². The summed E-state index contributed by atoms with van der Waals surface area (Å²) in [6.45, 7) is 3.71. The lowest BCUT2D eigenvalue weighted by molar-refractivity contribution is -0.137. The molecule has 1 fully saturated rings. The number of halogens is 3. The molecule has 7 heteroatoms. The minimum absolute atomic E-state index is 0.0498. The first-order valence-corrected chi connectivity index (χ1v) is 8.79. The van der Waals surface area contributed by atoms with E-state index < -0.39 is 17.6 Å². The zero-order chi connectivity index (χ0) is 19.4. The Kier molecular flexibility index (Phi) is 5.70. The van der Waals surface area contributed by atoms with Crippen LogP contribution in [-0.2, 0) is 6.18 Å². The minimum atomic E-state index is -4.49. The molecule has 1 heterocycles. The normalized spacial score (nSPS) is 15.4. The number of carbonyl (C=O) groups is 1. The fourth-order valence-electron chi connectivity index (χ4n) is 2.94. The Balaban J connectivity index is 1.73. The number of carbonyl (C=O) groups excluding carboxylic acids is 1. The van der Waals surface area contributed by atoms with E-state index in [1.54, 1.807) is 12.1 Å². The summed E-state index contributed by atoms with van der Waals surface area (Å²) in [7, 11) is 0. The van der Waals surface area contributed by atoms with Crippen molar-refractivity contribution in [1.82, 2.24) is 5.32 Å². The van der Waals surface area contributed by atoms with Crippen LogP contribution in [0, 0.1) is 6.92 Å². The molecule has 27 heavy (non-hydrogen) atoms. The molecule has 2 N–H and O–H groups in total. The van der Waals surface area contributed by atoms with Gasteiger partial charge in [0.15, 0.2) is 0 Å². The molecule has 4 nitrogen and oxygen atoms in total. The molecule has 1 amide bonds. The highest BCUT2D eigenvalue weighted by atomic mass is 19.4. The van der Waals surface area contributed by atoms with Crippen molar-refractivity contribution in [2.75, 3.05) is 18.4 Å². The molecule has 0 aromatic heterocycles. The van der Waals surface area contributed by atoms with Crippen molar-refractivity contribution < 1.29 is 22.7 Å². The van der Waals surface area contributed by atoms with Crippen LogP contribution in [0.25, 0.3) is 0 Å². The number of aryl methyl sites for hydroxylation is 1. The summed E-state index contributed by atoms with van der Waals surface area (Å²) in [5, 5.41) is 5.91. The number of hydrogen-bond acceptors (Lipinski definition) is 3. The Labute approximate surface area is 155 Å². The number of amides is 1. The lowest BCUT2D eigenvalue weighted by atomic mass is 10.1. The average molecular weight is 378 g/mol. The predicted molar refractivity (Wildman–Crippen MR) is 97.1 cm³/mol. The van der Waals surface area contributed by atoms with E-state index in [0.717, 1.165) is 43.6 Å². The molecule has 2 aromatic rings. The number of hydrogen-bond donors (Lipinski definition) is 2. The zero-order valence-corrected chi connectivity index (χ0v) is 14.9. The van der Waals surface area contributed by atoms with Gasteiger partial charge in [-0.15, -0.1) is 0 Å². The molecule has 144 valence electrons. The zero-order valence-electron chi connectivity index (χ0n) is 14.9. The van der Waals surface area contributed by atoms with Gasteiger partial charge in [0.05, 0.1) is 5.56 Å². The molecule has 1 aliphatic heterocycles. The molecule has 0 aliphatic carbocycles. The van der Waals surface area contributed by atoms with E-state index in [1.165, 1.54) is 12.1 Å². The van der Waals surface area contributed by atoms with Gasteiger partial charge >= 0.3 is 6.18 Å². The molecule has 0 bridgehead atoms. The SMILES string of the molecule is Cc1ccc(NC(=O)c2cccc(C(F)(F)F)c2)cc1OC1CCNCC1. The highest BCUT2D eigenvalue weighted by Gasteiger charge is 2.30. The Morgan fingerprint density at radius 3 is 2.59 bits per heavy atom. The van der Waals surface area contributed by atoms with Gasteiger partial charge in [-0.2, -0.15) is 13.2 Å². The molecule has 3 rings (SSSR count). The molecular weight excluding hydrogens is 357 g/mol. The summed E-state index contributed by atoms with van der Waals surface area (Å²) in [6, 6.07) is 9.59. The smallest absolute Gasteiger partial charge is 0.416 e. The van der Waals surface area contributed by atoms with Crippen LogP contribution in [0.5, 0.6) is 5.75 Å². The van der Waals surface area contributed by atoms with Gasteiger partial charge in [0.25, 0.3) is 5.91 Å². The van der Waals surface area contributed by atoms with E-state index in [9.17, 15) is 18.0 Å². The molecule has 0 atom stereocenters. The van der Waals surface area contributed by atoms with E-state index in [1.807, 2.05) is 13.0 Å². The van der Waals surface area contributed by atoms with Crippen LogP contribution in [0.4, 0.5) is 18.9 Å². The number of piperidine rings is 1. The van der Waals surface area contributed by atoms with Gasteiger partial charge in [0.1, 0.15) is 11.9 Å². The van der Waals surface area contributed by atoms with Crippen LogP contribution in [0.15, 0.2) is 42.5 Å². The number of benzene rings is 2. The van der Waals surface area contributed by atoms with Crippen molar-refractivity contribution in [1.29, 1.82) is 0 Å². The highest BCUT2D eigenvalue weighted by Crippen LogP contribution is 2.30. The number of rotatable bonds is 4. The molecule has 0 unspecified atom stereocenters. The van der Waals surface area contributed by atoms with Gasteiger partial charge in [-0.05, 0) is 62.7 Å². The maximum Gasteiger partial charge on any atom is 0.416 e. The number of anilines is 1. The number of nitrogens with one attached hydrogen (secondary N) is 2. The predicted octanol–water partition coefficient (Wildman–Crippen LogP) is 4.40. The average Bonchev–Trinajstić information content (AvgIpc) is 2.65. The van der Waals surface area contributed by atoms with Gasteiger partial charge in [0, 0.05) is 17.3 Å². The van der Waals surface area contributed by atoms with Crippen molar-refractivity contribution in [3.63, 3.8) is 0 Å². The number of ether oxygens (including phenoxy) is 1. The first kappa shape index (κ1) is 19.2. The Hall–Kier alpha value is -2.54.